The van der Waals surface area contributed by atoms with Crippen LogP contribution in [0.25, 0.3) is 10.9 Å². The largest absolute Gasteiger partial charge is 0.445 e. The van der Waals surface area contributed by atoms with Crippen LogP contribution in [0.15, 0.2) is 60.8 Å². The topological polar surface area (TPSA) is 77.7 Å². The van der Waals surface area contributed by atoms with Crippen LogP contribution in [0, 0.1) is 0 Å². The van der Waals surface area contributed by atoms with Gasteiger partial charge in [-0.2, -0.15) is 0 Å². The van der Waals surface area contributed by atoms with Gasteiger partial charge in [0.25, 0.3) is 0 Å². The van der Waals surface area contributed by atoms with Gasteiger partial charge in [0.05, 0.1) is 0 Å². The molecule has 0 aliphatic carbocycles. The number of ether oxygens (including phenoxy) is 1. The Morgan fingerprint density at radius 2 is 1.74 bits per heavy atom. The number of amides is 2. The zero-order valence-electron chi connectivity index (χ0n) is 17.7. The first-order chi connectivity index (χ1) is 15.1. The minimum absolute atomic E-state index is 0.0740. The molecule has 31 heavy (non-hydrogen) atoms. The van der Waals surface area contributed by atoms with E-state index in [9.17, 15) is 9.59 Å². The van der Waals surface area contributed by atoms with Crippen molar-refractivity contribution in [1.82, 2.24) is 20.1 Å². The van der Waals surface area contributed by atoms with Crippen molar-refractivity contribution in [3.8, 4) is 0 Å². The number of para-hydroxylation sites is 1. The van der Waals surface area contributed by atoms with Gasteiger partial charge in [-0.1, -0.05) is 48.5 Å². The summed E-state index contributed by atoms with van der Waals surface area (Å²) in [5, 5.41) is 3.87. The number of aromatic amines is 1. The molecule has 0 radical (unpaired) electrons. The van der Waals surface area contributed by atoms with Crippen molar-refractivity contribution in [3.63, 3.8) is 0 Å². The lowest BCUT2D eigenvalue weighted by Gasteiger charge is -2.34. The summed E-state index contributed by atoms with van der Waals surface area (Å²) >= 11 is 0. The number of fused-ring (bicyclic) bond motifs is 1. The highest BCUT2D eigenvalue weighted by Gasteiger charge is 2.29. The van der Waals surface area contributed by atoms with Gasteiger partial charge in [-0.25, -0.2) is 4.79 Å². The average molecular weight is 421 g/mol. The maximum Gasteiger partial charge on any atom is 0.408 e. The molecule has 3 aromatic rings. The van der Waals surface area contributed by atoms with Crippen molar-refractivity contribution in [3.05, 3.63) is 71.9 Å². The molecule has 4 rings (SSSR count). The zero-order valence-corrected chi connectivity index (χ0v) is 17.7. The van der Waals surface area contributed by atoms with Gasteiger partial charge < -0.3 is 24.8 Å². The highest BCUT2D eigenvalue weighted by Crippen LogP contribution is 2.20. The van der Waals surface area contributed by atoms with Crippen LogP contribution in [0.5, 0.6) is 0 Å². The second-order valence-electron chi connectivity index (χ2n) is 7.95. The third-order valence-corrected chi connectivity index (χ3v) is 5.72. The molecular weight excluding hydrogens is 392 g/mol. The van der Waals surface area contributed by atoms with E-state index in [0.717, 1.165) is 35.1 Å². The van der Waals surface area contributed by atoms with E-state index in [1.807, 2.05) is 72.7 Å². The molecule has 0 saturated carbocycles. The van der Waals surface area contributed by atoms with E-state index in [-0.39, 0.29) is 12.5 Å². The molecule has 2 N–H and O–H groups in total. The molecule has 1 saturated heterocycles. The van der Waals surface area contributed by atoms with E-state index < -0.39 is 12.1 Å². The number of likely N-dealkylation sites (N-methyl/N-ethyl adjacent to an activating group) is 1. The Hall–Kier alpha value is -3.32. The van der Waals surface area contributed by atoms with E-state index in [4.69, 9.17) is 4.74 Å². The first-order valence-electron chi connectivity index (χ1n) is 10.6. The quantitative estimate of drug-likeness (QED) is 0.643. The normalized spacial score (nSPS) is 15.6. The van der Waals surface area contributed by atoms with Crippen LogP contribution in [0.3, 0.4) is 0 Å². The highest BCUT2D eigenvalue weighted by molar-refractivity contribution is 5.88. The van der Waals surface area contributed by atoms with Crippen molar-refractivity contribution in [2.75, 3.05) is 33.2 Å². The number of benzene rings is 2. The number of rotatable bonds is 6. The lowest BCUT2D eigenvalue weighted by Crippen LogP contribution is -2.55. The van der Waals surface area contributed by atoms with E-state index >= 15 is 0 Å². The SMILES string of the molecule is CN1CCN(C(=O)[C@H](Cc2c[nH]c3ccccc23)NC(=O)OCc2ccccc2)CC1. The predicted molar refractivity (Wildman–Crippen MR) is 120 cm³/mol. The molecule has 0 spiro atoms. The number of carbonyl (C=O) groups is 2. The molecular formula is C24H28N4O3. The van der Waals surface area contributed by atoms with Crippen LogP contribution in [0.2, 0.25) is 0 Å². The Balaban J connectivity index is 1.47. The highest BCUT2D eigenvalue weighted by atomic mass is 16.5. The molecule has 1 atom stereocenters. The number of carbonyl (C=O) groups excluding carboxylic acids is 2. The van der Waals surface area contributed by atoms with Gasteiger partial charge in [0.15, 0.2) is 0 Å². The summed E-state index contributed by atoms with van der Waals surface area (Å²) in [6.45, 7) is 3.12. The smallest absolute Gasteiger partial charge is 0.408 e. The average Bonchev–Trinajstić information content (AvgIpc) is 3.21. The lowest BCUT2D eigenvalue weighted by atomic mass is 10.0. The summed E-state index contributed by atoms with van der Waals surface area (Å²) in [4.78, 5) is 33.1. The maximum absolute atomic E-state index is 13.3. The van der Waals surface area contributed by atoms with Crippen LogP contribution < -0.4 is 5.32 Å². The second kappa shape index (κ2) is 9.66. The monoisotopic (exact) mass is 420 g/mol. The van der Waals surface area contributed by atoms with Crippen molar-refractivity contribution in [2.24, 2.45) is 0 Å². The number of nitrogens with zero attached hydrogens (tertiary/aromatic N) is 2. The van der Waals surface area contributed by atoms with Gasteiger partial charge in [0.2, 0.25) is 5.91 Å². The van der Waals surface area contributed by atoms with Crippen LogP contribution in [-0.2, 0) is 22.6 Å². The van der Waals surface area contributed by atoms with E-state index in [1.54, 1.807) is 0 Å². The Labute approximate surface area is 182 Å². The third kappa shape index (κ3) is 5.24. The van der Waals surface area contributed by atoms with Gasteiger partial charge >= 0.3 is 6.09 Å². The van der Waals surface area contributed by atoms with E-state index in [1.165, 1.54) is 0 Å². The van der Waals surface area contributed by atoms with E-state index in [2.05, 4.69) is 15.2 Å². The van der Waals surface area contributed by atoms with Gasteiger partial charge in [-0.15, -0.1) is 0 Å². The number of aromatic nitrogens is 1. The first-order valence-corrected chi connectivity index (χ1v) is 10.6. The second-order valence-corrected chi connectivity index (χ2v) is 7.95. The number of piperazine rings is 1. The van der Waals surface area contributed by atoms with Crippen LogP contribution in [0.4, 0.5) is 4.79 Å². The standard InChI is InChI=1S/C24H28N4O3/c1-27-11-13-28(14-12-27)23(29)22(15-19-16-25-21-10-6-5-9-20(19)21)26-24(30)31-17-18-7-3-2-4-8-18/h2-10,16,22,25H,11-15,17H2,1H3,(H,26,30)/t22-/m0/s1. The first kappa shape index (κ1) is 20.9. The number of hydrogen-bond acceptors (Lipinski definition) is 4. The predicted octanol–water partition coefficient (Wildman–Crippen LogP) is 2.78. The number of alkyl carbamates (subject to hydrolysis) is 1. The molecule has 0 unspecified atom stereocenters. The number of hydrogen-bond donors (Lipinski definition) is 2. The fourth-order valence-corrected chi connectivity index (χ4v) is 3.87. The molecule has 7 heteroatoms. The molecule has 1 aromatic heterocycles. The Bertz CT molecular complexity index is 1030. The van der Waals surface area contributed by atoms with Crippen LogP contribution >= 0.6 is 0 Å². The zero-order chi connectivity index (χ0) is 21.6. The molecule has 0 bridgehead atoms. The van der Waals surface area contributed by atoms with Crippen molar-refractivity contribution in [2.45, 2.75) is 19.1 Å². The van der Waals surface area contributed by atoms with Crippen molar-refractivity contribution in [1.29, 1.82) is 0 Å². The maximum atomic E-state index is 13.3. The molecule has 162 valence electrons. The third-order valence-electron chi connectivity index (χ3n) is 5.72. The fraction of sp³-hybridized carbons (Fsp3) is 0.333. The molecule has 1 aliphatic rings. The molecule has 7 nitrogen and oxygen atoms in total. The van der Waals surface area contributed by atoms with Crippen LogP contribution in [0.1, 0.15) is 11.1 Å². The summed E-state index contributed by atoms with van der Waals surface area (Å²) in [5.41, 5.74) is 2.90. The Morgan fingerprint density at radius 1 is 1.03 bits per heavy atom. The Kier molecular flexibility index (Phi) is 6.52. The van der Waals surface area contributed by atoms with Crippen molar-refractivity contribution >= 4 is 22.9 Å². The number of nitrogens with one attached hydrogen (secondary N) is 2. The lowest BCUT2D eigenvalue weighted by molar-refractivity contribution is -0.134. The molecule has 1 fully saturated rings. The van der Waals surface area contributed by atoms with Gasteiger partial charge in [0.1, 0.15) is 12.6 Å². The van der Waals surface area contributed by atoms with Gasteiger partial charge in [-0.05, 0) is 24.2 Å². The van der Waals surface area contributed by atoms with Gasteiger partial charge in [0, 0.05) is 49.7 Å². The summed E-state index contributed by atoms with van der Waals surface area (Å²) in [6, 6.07) is 16.8. The summed E-state index contributed by atoms with van der Waals surface area (Å²) in [5.74, 6) is -0.0740. The molecule has 1 aliphatic heterocycles. The molecule has 2 aromatic carbocycles. The minimum atomic E-state index is -0.689. The minimum Gasteiger partial charge on any atom is -0.445 e. The summed E-state index contributed by atoms with van der Waals surface area (Å²) in [6.07, 6.45) is 1.72. The number of H-pyrrole nitrogens is 1. The van der Waals surface area contributed by atoms with Crippen LogP contribution in [-0.4, -0.2) is 66.1 Å². The summed E-state index contributed by atoms with van der Waals surface area (Å²) < 4.78 is 5.38. The van der Waals surface area contributed by atoms with Gasteiger partial charge in [-0.3, -0.25) is 4.79 Å². The van der Waals surface area contributed by atoms with Crippen molar-refractivity contribution < 1.29 is 14.3 Å². The fourth-order valence-electron chi connectivity index (χ4n) is 3.87. The molecule has 2 heterocycles. The Morgan fingerprint density at radius 3 is 2.52 bits per heavy atom. The summed E-state index contributed by atoms with van der Waals surface area (Å²) in [7, 11) is 2.05. The van der Waals surface area contributed by atoms with E-state index in [0.29, 0.717) is 19.5 Å². The molecule has 2 amide bonds.